The highest BCUT2D eigenvalue weighted by molar-refractivity contribution is 8.00. The van der Waals surface area contributed by atoms with Crippen molar-refractivity contribution in [2.75, 3.05) is 36.4 Å². The van der Waals surface area contributed by atoms with Gasteiger partial charge in [-0.25, -0.2) is 0 Å². The highest BCUT2D eigenvalue weighted by atomic mass is 32.2. The third-order valence-corrected chi connectivity index (χ3v) is 4.46. The first kappa shape index (κ1) is 19.7. The summed E-state index contributed by atoms with van der Waals surface area (Å²) in [5, 5.41) is 5.57. The molecule has 2 amide bonds. The van der Waals surface area contributed by atoms with Gasteiger partial charge in [-0.05, 0) is 42.8 Å². The molecule has 6 nitrogen and oxygen atoms in total. The van der Waals surface area contributed by atoms with Gasteiger partial charge < -0.3 is 20.1 Å². The molecule has 0 spiro atoms. The SMILES string of the molecule is COc1ccc(NC(=O)CSCC(=O)Nc2ccc(C)c(OC)c2)cc1. The van der Waals surface area contributed by atoms with Gasteiger partial charge in [0.15, 0.2) is 0 Å². The summed E-state index contributed by atoms with van der Waals surface area (Å²) in [6.07, 6.45) is 0. The van der Waals surface area contributed by atoms with Crippen molar-refractivity contribution in [1.82, 2.24) is 0 Å². The molecule has 2 aromatic rings. The molecule has 138 valence electrons. The zero-order valence-corrected chi connectivity index (χ0v) is 15.8. The zero-order valence-electron chi connectivity index (χ0n) is 15.0. The second kappa shape index (κ2) is 9.72. The molecule has 7 heteroatoms. The van der Waals surface area contributed by atoms with Crippen LogP contribution in [0.25, 0.3) is 0 Å². The van der Waals surface area contributed by atoms with Crippen molar-refractivity contribution in [3.63, 3.8) is 0 Å². The summed E-state index contributed by atoms with van der Waals surface area (Å²) in [7, 11) is 3.17. The number of methoxy groups -OCH3 is 2. The molecule has 2 rings (SSSR count). The average molecular weight is 374 g/mol. The number of carbonyl (C=O) groups is 2. The molecular weight excluding hydrogens is 352 g/mol. The van der Waals surface area contributed by atoms with E-state index in [1.165, 1.54) is 11.8 Å². The Hall–Kier alpha value is -2.67. The zero-order chi connectivity index (χ0) is 18.9. The van der Waals surface area contributed by atoms with Crippen molar-refractivity contribution in [2.45, 2.75) is 6.92 Å². The molecule has 0 saturated heterocycles. The molecule has 0 atom stereocenters. The molecule has 0 aliphatic heterocycles. The van der Waals surface area contributed by atoms with Gasteiger partial charge in [0.25, 0.3) is 0 Å². The van der Waals surface area contributed by atoms with Gasteiger partial charge in [0.1, 0.15) is 11.5 Å². The molecule has 2 aromatic carbocycles. The molecule has 2 N–H and O–H groups in total. The number of ether oxygens (including phenoxy) is 2. The van der Waals surface area contributed by atoms with Crippen LogP contribution in [0.15, 0.2) is 42.5 Å². The monoisotopic (exact) mass is 374 g/mol. The van der Waals surface area contributed by atoms with Crippen LogP contribution in [0.4, 0.5) is 11.4 Å². The lowest BCUT2D eigenvalue weighted by Gasteiger charge is -2.09. The van der Waals surface area contributed by atoms with Gasteiger partial charge in [0, 0.05) is 17.4 Å². The Labute approximate surface area is 157 Å². The first-order valence-electron chi connectivity index (χ1n) is 7.98. The highest BCUT2D eigenvalue weighted by Crippen LogP contribution is 2.22. The van der Waals surface area contributed by atoms with Gasteiger partial charge in [-0.1, -0.05) is 6.07 Å². The number of hydrogen-bond acceptors (Lipinski definition) is 5. The van der Waals surface area contributed by atoms with E-state index in [-0.39, 0.29) is 23.3 Å². The summed E-state index contributed by atoms with van der Waals surface area (Å²) in [6.45, 7) is 1.93. The van der Waals surface area contributed by atoms with Crippen molar-refractivity contribution in [1.29, 1.82) is 0 Å². The van der Waals surface area contributed by atoms with Gasteiger partial charge in [0.2, 0.25) is 11.8 Å². The molecule has 0 aromatic heterocycles. The Morgan fingerprint density at radius 3 is 2.04 bits per heavy atom. The van der Waals surface area contributed by atoms with Crippen LogP contribution in [0.1, 0.15) is 5.56 Å². The predicted octanol–water partition coefficient (Wildman–Crippen LogP) is 3.32. The Morgan fingerprint density at radius 1 is 0.885 bits per heavy atom. The third kappa shape index (κ3) is 6.00. The molecule has 0 bridgehead atoms. The summed E-state index contributed by atoms with van der Waals surface area (Å²) in [5.74, 6) is 1.49. The molecule has 0 heterocycles. The Morgan fingerprint density at radius 2 is 1.46 bits per heavy atom. The topological polar surface area (TPSA) is 76.7 Å². The fourth-order valence-electron chi connectivity index (χ4n) is 2.20. The largest absolute Gasteiger partial charge is 0.497 e. The number of rotatable bonds is 8. The summed E-state index contributed by atoms with van der Waals surface area (Å²) >= 11 is 1.25. The molecule has 0 aliphatic rings. The van der Waals surface area contributed by atoms with Gasteiger partial charge >= 0.3 is 0 Å². The van der Waals surface area contributed by atoms with E-state index in [2.05, 4.69) is 10.6 Å². The minimum atomic E-state index is -0.168. The Bertz CT molecular complexity index is 763. The van der Waals surface area contributed by atoms with Crippen molar-refractivity contribution >= 4 is 35.0 Å². The van der Waals surface area contributed by atoms with Crippen LogP contribution in [-0.4, -0.2) is 37.5 Å². The second-order valence-corrected chi connectivity index (χ2v) is 6.49. The molecule has 0 radical (unpaired) electrons. The quantitative estimate of drug-likeness (QED) is 0.741. The lowest BCUT2D eigenvalue weighted by Crippen LogP contribution is -2.18. The maximum Gasteiger partial charge on any atom is 0.234 e. The van der Waals surface area contributed by atoms with Crippen LogP contribution in [0, 0.1) is 6.92 Å². The van der Waals surface area contributed by atoms with Crippen LogP contribution in [0.3, 0.4) is 0 Å². The maximum absolute atomic E-state index is 12.0. The van der Waals surface area contributed by atoms with E-state index in [1.54, 1.807) is 44.6 Å². The molecular formula is C19H22N2O4S. The minimum absolute atomic E-state index is 0.162. The molecule has 0 aliphatic carbocycles. The van der Waals surface area contributed by atoms with Gasteiger partial charge in [-0.3, -0.25) is 9.59 Å². The van der Waals surface area contributed by atoms with Gasteiger partial charge in [0.05, 0.1) is 25.7 Å². The van der Waals surface area contributed by atoms with E-state index in [9.17, 15) is 9.59 Å². The number of aryl methyl sites for hydroxylation is 1. The van der Waals surface area contributed by atoms with E-state index in [4.69, 9.17) is 9.47 Å². The van der Waals surface area contributed by atoms with Crippen LogP contribution in [0.5, 0.6) is 11.5 Å². The Balaban J connectivity index is 1.74. The fourth-order valence-corrected chi connectivity index (χ4v) is 2.82. The molecule has 0 saturated carbocycles. The van der Waals surface area contributed by atoms with Crippen LogP contribution in [0.2, 0.25) is 0 Å². The van der Waals surface area contributed by atoms with Gasteiger partial charge in [-0.15, -0.1) is 11.8 Å². The van der Waals surface area contributed by atoms with E-state index < -0.39 is 0 Å². The summed E-state index contributed by atoms with van der Waals surface area (Å²) in [4.78, 5) is 23.9. The second-order valence-electron chi connectivity index (χ2n) is 5.50. The molecule has 26 heavy (non-hydrogen) atoms. The first-order valence-corrected chi connectivity index (χ1v) is 9.13. The molecule has 0 fully saturated rings. The smallest absolute Gasteiger partial charge is 0.234 e. The van der Waals surface area contributed by atoms with E-state index >= 15 is 0 Å². The van der Waals surface area contributed by atoms with Crippen molar-refractivity contribution in [3.05, 3.63) is 48.0 Å². The predicted molar refractivity (Wildman–Crippen MR) is 105 cm³/mol. The summed E-state index contributed by atoms with van der Waals surface area (Å²) < 4.78 is 10.3. The molecule has 0 unspecified atom stereocenters. The normalized spacial score (nSPS) is 10.1. The number of anilines is 2. The van der Waals surface area contributed by atoms with E-state index in [0.717, 1.165) is 11.3 Å². The minimum Gasteiger partial charge on any atom is -0.497 e. The summed E-state index contributed by atoms with van der Waals surface area (Å²) in [5.41, 5.74) is 2.35. The average Bonchev–Trinajstić information content (AvgIpc) is 2.64. The standard InChI is InChI=1S/C19H22N2O4S/c1-13-4-5-15(10-17(13)25-3)21-19(23)12-26-11-18(22)20-14-6-8-16(24-2)9-7-14/h4-10H,11-12H2,1-3H3,(H,20,22)(H,21,23). The van der Waals surface area contributed by atoms with Crippen LogP contribution < -0.4 is 20.1 Å². The van der Waals surface area contributed by atoms with Crippen molar-refractivity contribution in [3.8, 4) is 11.5 Å². The third-order valence-electron chi connectivity index (χ3n) is 3.53. The van der Waals surface area contributed by atoms with Crippen LogP contribution >= 0.6 is 11.8 Å². The first-order chi connectivity index (χ1) is 12.5. The number of benzene rings is 2. The van der Waals surface area contributed by atoms with Crippen LogP contribution in [-0.2, 0) is 9.59 Å². The number of thioether (sulfide) groups is 1. The van der Waals surface area contributed by atoms with Crippen molar-refractivity contribution < 1.29 is 19.1 Å². The maximum atomic E-state index is 12.0. The summed E-state index contributed by atoms with van der Waals surface area (Å²) in [6, 6.07) is 12.5. The number of carbonyl (C=O) groups excluding carboxylic acids is 2. The number of hydrogen-bond donors (Lipinski definition) is 2. The van der Waals surface area contributed by atoms with E-state index in [1.807, 2.05) is 19.1 Å². The highest BCUT2D eigenvalue weighted by Gasteiger charge is 2.08. The van der Waals surface area contributed by atoms with Gasteiger partial charge in [-0.2, -0.15) is 0 Å². The number of amides is 2. The van der Waals surface area contributed by atoms with Crippen molar-refractivity contribution in [2.24, 2.45) is 0 Å². The lowest BCUT2D eigenvalue weighted by molar-refractivity contribution is -0.114. The Kier molecular flexibility index (Phi) is 7.35. The number of nitrogens with one attached hydrogen (secondary N) is 2. The van der Waals surface area contributed by atoms with E-state index in [0.29, 0.717) is 17.1 Å². The fraction of sp³-hybridized carbons (Fsp3) is 0.263. The lowest BCUT2D eigenvalue weighted by atomic mass is 10.2.